The number of halogens is 2. The van der Waals surface area contributed by atoms with Crippen molar-refractivity contribution in [2.24, 2.45) is 5.92 Å². The molecule has 0 spiro atoms. The van der Waals surface area contributed by atoms with Crippen LogP contribution in [0.1, 0.15) is 12.8 Å². The second kappa shape index (κ2) is 11.6. The van der Waals surface area contributed by atoms with Gasteiger partial charge in [-0.2, -0.15) is 0 Å². The van der Waals surface area contributed by atoms with Crippen LogP contribution in [0.25, 0.3) is 22.0 Å². The zero-order chi connectivity index (χ0) is 25.8. The fourth-order valence-corrected chi connectivity index (χ4v) is 5.93. The number of aromatic nitrogens is 1. The number of thioether (sulfide) groups is 1. The van der Waals surface area contributed by atoms with E-state index in [-0.39, 0.29) is 17.4 Å². The molecule has 1 atom stereocenters. The maximum atomic E-state index is 13.4. The van der Waals surface area contributed by atoms with Crippen molar-refractivity contribution in [2.75, 3.05) is 30.3 Å². The lowest BCUT2D eigenvalue weighted by Crippen LogP contribution is -2.45. The summed E-state index contributed by atoms with van der Waals surface area (Å²) in [7, 11) is 0. The molecule has 37 heavy (non-hydrogen) atoms. The van der Waals surface area contributed by atoms with Crippen molar-refractivity contribution in [3.63, 3.8) is 0 Å². The maximum Gasteiger partial charge on any atom is 0.272 e. The van der Waals surface area contributed by atoms with Gasteiger partial charge in [0.2, 0.25) is 5.91 Å². The van der Waals surface area contributed by atoms with E-state index in [9.17, 15) is 9.59 Å². The lowest BCUT2D eigenvalue weighted by molar-refractivity contribution is -0.125. The van der Waals surface area contributed by atoms with E-state index in [1.807, 2.05) is 66.7 Å². The highest BCUT2D eigenvalue weighted by Gasteiger charge is 2.29. The summed E-state index contributed by atoms with van der Waals surface area (Å²) in [5.74, 6) is 0.614. The second-order valence-corrected chi connectivity index (χ2v) is 11.2. The highest BCUT2D eigenvalue weighted by Crippen LogP contribution is 2.37. The normalized spacial score (nSPS) is 15.6. The van der Waals surface area contributed by atoms with Crippen LogP contribution in [-0.4, -0.2) is 36.3 Å². The summed E-state index contributed by atoms with van der Waals surface area (Å²) >= 11 is 14.0. The number of carbonyl (C=O) groups excluding carboxylic acids is 1. The number of carbonyl (C=O) groups is 1. The average molecular weight is 553 g/mol. The standard InChI is InChI=1S/C29H27Cl2N3O2S/c30-21-8-11-23(12-9-21)37-16-14-32-28(35)20-7-4-15-34(18-20)27-26(19-5-2-1-3-6-19)24-17-22(31)10-13-25(24)33-29(27)36/h1-3,5-6,8-13,17,20H,4,7,14-16,18H2,(H,32,35)(H,33,36)/t20-/m1/s1. The topological polar surface area (TPSA) is 65.2 Å². The summed E-state index contributed by atoms with van der Waals surface area (Å²) in [6.45, 7) is 1.78. The molecular weight excluding hydrogens is 525 g/mol. The molecule has 0 saturated carbocycles. The summed E-state index contributed by atoms with van der Waals surface area (Å²) in [6.07, 6.45) is 1.63. The number of benzene rings is 3. The second-order valence-electron chi connectivity index (χ2n) is 9.11. The predicted octanol–water partition coefficient (Wildman–Crippen LogP) is 6.63. The van der Waals surface area contributed by atoms with Gasteiger partial charge in [-0.05, 0) is 60.9 Å². The molecule has 0 bridgehead atoms. The van der Waals surface area contributed by atoms with Crippen LogP contribution in [0.5, 0.6) is 0 Å². The molecule has 0 unspecified atom stereocenters. The van der Waals surface area contributed by atoms with Gasteiger partial charge >= 0.3 is 0 Å². The minimum atomic E-state index is -0.188. The molecule has 0 aliphatic carbocycles. The molecule has 0 radical (unpaired) electrons. The van der Waals surface area contributed by atoms with Gasteiger partial charge in [0.1, 0.15) is 5.69 Å². The number of aromatic amines is 1. The quantitative estimate of drug-likeness (QED) is 0.200. The third-order valence-electron chi connectivity index (χ3n) is 6.61. The third kappa shape index (κ3) is 5.98. The van der Waals surface area contributed by atoms with Gasteiger partial charge in [-0.15, -0.1) is 11.8 Å². The number of nitrogens with zero attached hydrogens (tertiary/aromatic N) is 1. The summed E-state index contributed by atoms with van der Waals surface area (Å²) in [5.41, 5.74) is 2.97. The Bertz CT molecular complexity index is 1460. The predicted molar refractivity (Wildman–Crippen MR) is 155 cm³/mol. The van der Waals surface area contributed by atoms with Gasteiger partial charge in [-0.25, -0.2) is 0 Å². The Morgan fingerprint density at radius 3 is 2.57 bits per heavy atom. The highest BCUT2D eigenvalue weighted by molar-refractivity contribution is 7.99. The first kappa shape index (κ1) is 25.7. The number of rotatable bonds is 7. The van der Waals surface area contributed by atoms with Gasteiger partial charge < -0.3 is 15.2 Å². The molecule has 5 nitrogen and oxygen atoms in total. The van der Waals surface area contributed by atoms with Crippen molar-refractivity contribution in [3.05, 3.63) is 93.2 Å². The molecule has 4 aromatic rings. The SMILES string of the molecule is O=C(NCCSc1ccc(Cl)cc1)[C@@H]1CCCN(c2c(-c3ccccc3)c3cc(Cl)ccc3[nH]c2=O)C1. The van der Waals surface area contributed by atoms with Gasteiger partial charge in [0.15, 0.2) is 0 Å². The Kier molecular flexibility index (Phi) is 8.08. The van der Waals surface area contributed by atoms with E-state index in [0.717, 1.165) is 45.5 Å². The van der Waals surface area contributed by atoms with Gasteiger partial charge in [0.05, 0.1) is 5.92 Å². The molecule has 1 aliphatic heterocycles. The number of fused-ring (bicyclic) bond motifs is 1. The third-order valence-corrected chi connectivity index (χ3v) is 8.11. The van der Waals surface area contributed by atoms with Crippen LogP contribution < -0.4 is 15.8 Å². The van der Waals surface area contributed by atoms with Gasteiger partial charge in [-0.1, -0.05) is 53.5 Å². The number of nitrogens with one attached hydrogen (secondary N) is 2. The van der Waals surface area contributed by atoms with E-state index in [4.69, 9.17) is 23.2 Å². The molecule has 190 valence electrons. The highest BCUT2D eigenvalue weighted by atomic mass is 35.5. The first-order chi connectivity index (χ1) is 18.0. The van der Waals surface area contributed by atoms with Crippen LogP contribution in [0.3, 0.4) is 0 Å². The first-order valence-electron chi connectivity index (χ1n) is 12.3. The van der Waals surface area contributed by atoms with Crippen LogP contribution in [0.2, 0.25) is 10.0 Å². The number of piperidine rings is 1. The minimum Gasteiger partial charge on any atom is -0.366 e. The monoisotopic (exact) mass is 551 g/mol. The zero-order valence-electron chi connectivity index (χ0n) is 20.2. The molecule has 1 aliphatic rings. The maximum absolute atomic E-state index is 13.4. The van der Waals surface area contributed by atoms with E-state index in [0.29, 0.717) is 35.4 Å². The van der Waals surface area contributed by atoms with Crippen molar-refractivity contribution in [3.8, 4) is 11.1 Å². The molecule has 2 heterocycles. The van der Waals surface area contributed by atoms with Gasteiger partial charge in [0, 0.05) is 56.8 Å². The van der Waals surface area contributed by atoms with Crippen molar-refractivity contribution in [1.29, 1.82) is 0 Å². The zero-order valence-corrected chi connectivity index (χ0v) is 22.5. The van der Waals surface area contributed by atoms with E-state index in [1.54, 1.807) is 17.8 Å². The Morgan fingerprint density at radius 1 is 1.03 bits per heavy atom. The lowest BCUT2D eigenvalue weighted by atomic mass is 9.94. The van der Waals surface area contributed by atoms with Gasteiger partial charge in [-0.3, -0.25) is 9.59 Å². The molecular formula is C29H27Cl2N3O2S. The lowest BCUT2D eigenvalue weighted by Gasteiger charge is -2.34. The fraction of sp³-hybridized carbons (Fsp3) is 0.241. The van der Waals surface area contributed by atoms with Crippen molar-refractivity contribution in [1.82, 2.24) is 10.3 Å². The van der Waals surface area contributed by atoms with Gasteiger partial charge in [0.25, 0.3) is 5.56 Å². The Balaban J connectivity index is 1.35. The fourth-order valence-electron chi connectivity index (χ4n) is 4.87. The molecule has 5 rings (SSSR count). The van der Waals surface area contributed by atoms with Crippen molar-refractivity contribution < 1.29 is 4.79 Å². The van der Waals surface area contributed by atoms with Crippen molar-refractivity contribution in [2.45, 2.75) is 17.7 Å². The number of amides is 1. The molecule has 1 fully saturated rings. The molecule has 1 aromatic heterocycles. The van der Waals surface area contributed by atoms with Crippen LogP contribution >= 0.6 is 35.0 Å². The smallest absolute Gasteiger partial charge is 0.272 e. The summed E-state index contributed by atoms with van der Waals surface area (Å²) in [5, 5.41) is 5.29. The molecule has 2 N–H and O–H groups in total. The Morgan fingerprint density at radius 2 is 1.78 bits per heavy atom. The number of hydrogen-bond acceptors (Lipinski definition) is 4. The van der Waals surface area contributed by atoms with Crippen LogP contribution in [-0.2, 0) is 4.79 Å². The first-order valence-corrected chi connectivity index (χ1v) is 14.1. The summed E-state index contributed by atoms with van der Waals surface area (Å²) in [6, 6.07) is 23.1. The number of anilines is 1. The molecule has 8 heteroatoms. The molecule has 1 saturated heterocycles. The largest absolute Gasteiger partial charge is 0.366 e. The average Bonchev–Trinajstić information content (AvgIpc) is 2.92. The van der Waals surface area contributed by atoms with E-state index in [1.165, 1.54) is 0 Å². The number of hydrogen-bond donors (Lipinski definition) is 2. The van der Waals surface area contributed by atoms with Crippen LogP contribution in [0.15, 0.2) is 82.5 Å². The molecule has 1 amide bonds. The Labute approximate surface area is 230 Å². The van der Waals surface area contributed by atoms with Crippen LogP contribution in [0.4, 0.5) is 5.69 Å². The summed E-state index contributed by atoms with van der Waals surface area (Å²) < 4.78 is 0. The molecule has 3 aromatic carbocycles. The number of pyridine rings is 1. The van der Waals surface area contributed by atoms with E-state index < -0.39 is 0 Å². The van der Waals surface area contributed by atoms with Crippen molar-refractivity contribution >= 4 is 57.5 Å². The van der Waals surface area contributed by atoms with E-state index >= 15 is 0 Å². The van der Waals surface area contributed by atoms with Crippen LogP contribution in [0, 0.1) is 5.92 Å². The minimum absolute atomic E-state index is 0.0305. The van der Waals surface area contributed by atoms with E-state index in [2.05, 4.69) is 15.2 Å². The summed E-state index contributed by atoms with van der Waals surface area (Å²) in [4.78, 5) is 32.7. The number of H-pyrrole nitrogens is 1. The Hall–Kier alpha value is -2.93.